The Balaban J connectivity index is 2.20. The lowest BCUT2D eigenvalue weighted by Gasteiger charge is -2.16. The largest absolute Gasteiger partial charge is 0.573 e. The molecule has 2 N–H and O–H groups in total. The van der Waals surface area contributed by atoms with E-state index in [1.54, 1.807) is 18.2 Å². The number of aliphatic hydroxyl groups excluding tert-OH is 1. The Labute approximate surface area is 143 Å². The van der Waals surface area contributed by atoms with Crippen LogP contribution in [-0.2, 0) is 0 Å². The molecule has 0 radical (unpaired) electrons. The van der Waals surface area contributed by atoms with Crippen LogP contribution < -0.4 is 10.1 Å². The topological polar surface area (TPSA) is 53.9 Å². The molecule has 0 saturated heterocycles. The first kappa shape index (κ1) is 18.5. The highest BCUT2D eigenvalue weighted by atomic mass is 19.4. The average Bonchev–Trinajstić information content (AvgIpc) is 2.55. The summed E-state index contributed by atoms with van der Waals surface area (Å²) in [7, 11) is 0. The molecular formula is C18H17F3N2O2. The highest BCUT2D eigenvalue weighted by Gasteiger charge is 2.30. The number of hydrogen-bond acceptors (Lipinski definition) is 4. The monoisotopic (exact) mass is 350 g/mol. The normalized spacial score (nSPS) is 18.0. The molecule has 0 unspecified atom stereocenters. The maximum atomic E-state index is 12.2. The van der Waals surface area contributed by atoms with Crippen molar-refractivity contribution in [3.05, 3.63) is 72.1 Å². The van der Waals surface area contributed by atoms with Crippen molar-refractivity contribution in [1.29, 1.82) is 0 Å². The number of hydrogen-bond donors (Lipinski definition) is 2. The van der Waals surface area contributed by atoms with E-state index >= 15 is 0 Å². The molecule has 0 aromatic heterocycles. The van der Waals surface area contributed by atoms with Gasteiger partial charge in [-0.1, -0.05) is 18.7 Å². The summed E-state index contributed by atoms with van der Waals surface area (Å²) < 4.78 is 40.4. The highest BCUT2D eigenvalue weighted by molar-refractivity contribution is 6.13. The molecule has 2 rings (SSSR count). The van der Waals surface area contributed by atoms with Crippen molar-refractivity contribution >= 4 is 11.4 Å². The number of ether oxygens (including phenoxy) is 1. The molecule has 0 heterocycles. The van der Waals surface area contributed by atoms with Crippen molar-refractivity contribution < 1.29 is 23.0 Å². The fourth-order valence-corrected chi connectivity index (χ4v) is 2.22. The van der Waals surface area contributed by atoms with Crippen LogP contribution in [0.1, 0.15) is 6.92 Å². The quantitative estimate of drug-likeness (QED) is 0.830. The van der Waals surface area contributed by atoms with E-state index in [2.05, 4.69) is 21.6 Å². The number of allylic oxidation sites excluding steroid dienone is 4. The van der Waals surface area contributed by atoms with Crippen LogP contribution in [0.3, 0.4) is 0 Å². The summed E-state index contributed by atoms with van der Waals surface area (Å²) in [6.07, 6.45) is 1.99. The van der Waals surface area contributed by atoms with Gasteiger partial charge in [0.1, 0.15) is 5.75 Å². The van der Waals surface area contributed by atoms with E-state index in [9.17, 15) is 18.3 Å². The maximum Gasteiger partial charge on any atom is 0.573 e. The SMILES string of the molecule is C=C/N=C1/C=C(CO)C=C/C1=C(/C)Nc1ccc(OC(F)(F)F)cc1. The van der Waals surface area contributed by atoms with E-state index in [0.717, 1.165) is 11.3 Å². The van der Waals surface area contributed by atoms with Crippen molar-refractivity contribution in [2.24, 2.45) is 4.99 Å². The Morgan fingerprint density at radius 3 is 2.52 bits per heavy atom. The number of alkyl halides is 3. The minimum Gasteiger partial charge on any atom is -0.406 e. The molecule has 0 fully saturated rings. The third-order valence-electron chi connectivity index (χ3n) is 3.30. The standard InChI is InChI=1S/C18H17F3N2O2/c1-3-22-17-10-13(11-24)4-9-16(17)12(2)23-14-5-7-15(8-6-14)25-18(19,20)21/h3-10,23-24H,1,11H2,2H3/b16-12+,22-17-. The first-order valence-corrected chi connectivity index (χ1v) is 7.34. The number of benzene rings is 1. The molecule has 132 valence electrons. The Bertz CT molecular complexity index is 758. The second kappa shape index (κ2) is 7.85. The molecule has 7 heteroatoms. The summed E-state index contributed by atoms with van der Waals surface area (Å²) >= 11 is 0. The highest BCUT2D eigenvalue weighted by Crippen LogP contribution is 2.25. The van der Waals surface area contributed by atoms with Crippen LogP contribution in [-0.4, -0.2) is 23.8 Å². The summed E-state index contributed by atoms with van der Waals surface area (Å²) in [5.74, 6) is -0.287. The van der Waals surface area contributed by atoms with E-state index in [4.69, 9.17) is 0 Å². The van der Waals surface area contributed by atoms with Crippen molar-refractivity contribution in [2.75, 3.05) is 11.9 Å². The van der Waals surface area contributed by atoms with Crippen LogP contribution in [0.25, 0.3) is 0 Å². The van der Waals surface area contributed by atoms with Gasteiger partial charge in [0.25, 0.3) is 0 Å². The van der Waals surface area contributed by atoms with Gasteiger partial charge in [-0.05, 0) is 42.8 Å². The van der Waals surface area contributed by atoms with Crippen molar-refractivity contribution in [2.45, 2.75) is 13.3 Å². The van der Waals surface area contributed by atoms with E-state index < -0.39 is 6.36 Å². The van der Waals surface area contributed by atoms with Crippen LogP contribution in [0.4, 0.5) is 18.9 Å². The van der Waals surface area contributed by atoms with Gasteiger partial charge in [-0.3, -0.25) is 4.99 Å². The van der Waals surface area contributed by atoms with Gasteiger partial charge in [0.2, 0.25) is 0 Å². The molecule has 0 spiro atoms. The Morgan fingerprint density at radius 1 is 1.28 bits per heavy atom. The van der Waals surface area contributed by atoms with Gasteiger partial charge in [-0.2, -0.15) is 0 Å². The number of aliphatic imine (C=N–C) groups is 1. The molecular weight excluding hydrogens is 333 g/mol. The van der Waals surface area contributed by atoms with E-state index in [-0.39, 0.29) is 12.4 Å². The zero-order valence-corrected chi connectivity index (χ0v) is 13.5. The molecule has 0 saturated carbocycles. The zero-order chi connectivity index (χ0) is 18.4. The van der Waals surface area contributed by atoms with E-state index in [1.807, 2.05) is 6.92 Å². The summed E-state index contributed by atoms with van der Waals surface area (Å²) in [6, 6.07) is 5.42. The first-order valence-electron chi connectivity index (χ1n) is 7.34. The summed E-state index contributed by atoms with van der Waals surface area (Å²) in [5, 5.41) is 12.3. The van der Waals surface area contributed by atoms with Gasteiger partial charge in [-0.15, -0.1) is 13.2 Å². The maximum absolute atomic E-state index is 12.2. The lowest BCUT2D eigenvalue weighted by atomic mass is 9.98. The molecule has 1 aliphatic rings. The molecule has 1 aromatic carbocycles. The molecule has 0 atom stereocenters. The van der Waals surface area contributed by atoms with Crippen molar-refractivity contribution in [3.63, 3.8) is 0 Å². The fraction of sp³-hybridized carbons (Fsp3) is 0.167. The summed E-state index contributed by atoms with van der Waals surface area (Å²) in [6.45, 7) is 5.28. The Kier molecular flexibility index (Phi) is 5.82. The molecule has 25 heavy (non-hydrogen) atoms. The van der Waals surface area contributed by atoms with Gasteiger partial charge in [0.15, 0.2) is 0 Å². The Hall–Kier alpha value is -2.80. The number of nitrogens with zero attached hydrogens (tertiary/aromatic N) is 1. The second-order valence-corrected chi connectivity index (χ2v) is 5.14. The average molecular weight is 350 g/mol. The number of aliphatic hydroxyl groups is 1. The van der Waals surface area contributed by atoms with Crippen molar-refractivity contribution in [3.8, 4) is 5.75 Å². The predicted molar refractivity (Wildman–Crippen MR) is 91.4 cm³/mol. The predicted octanol–water partition coefficient (Wildman–Crippen LogP) is 4.34. The molecule has 4 nitrogen and oxygen atoms in total. The number of nitrogens with one attached hydrogen (secondary N) is 1. The van der Waals surface area contributed by atoms with Gasteiger partial charge in [-0.25, -0.2) is 0 Å². The molecule has 0 aliphatic heterocycles. The van der Waals surface area contributed by atoms with Gasteiger partial charge >= 0.3 is 6.36 Å². The smallest absolute Gasteiger partial charge is 0.406 e. The Morgan fingerprint density at radius 2 is 1.96 bits per heavy atom. The van der Waals surface area contributed by atoms with Gasteiger partial charge < -0.3 is 15.2 Å². The lowest BCUT2D eigenvalue weighted by molar-refractivity contribution is -0.274. The van der Waals surface area contributed by atoms with E-state index in [1.165, 1.54) is 30.5 Å². The summed E-state index contributed by atoms with van der Waals surface area (Å²) in [4.78, 5) is 4.18. The molecule has 0 amide bonds. The minimum atomic E-state index is -4.72. The van der Waals surface area contributed by atoms with Crippen LogP contribution in [0.5, 0.6) is 5.75 Å². The lowest BCUT2D eigenvalue weighted by Crippen LogP contribution is -2.17. The first-order chi connectivity index (χ1) is 11.8. The van der Waals surface area contributed by atoms with Gasteiger partial charge in [0.05, 0.1) is 12.3 Å². The van der Waals surface area contributed by atoms with Crippen LogP contribution >= 0.6 is 0 Å². The van der Waals surface area contributed by atoms with Crippen LogP contribution in [0.15, 0.2) is 77.1 Å². The van der Waals surface area contributed by atoms with Crippen molar-refractivity contribution in [1.82, 2.24) is 0 Å². The van der Waals surface area contributed by atoms with Crippen LogP contribution in [0, 0.1) is 0 Å². The molecule has 0 bridgehead atoms. The fourth-order valence-electron chi connectivity index (χ4n) is 2.22. The second-order valence-electron chi connectivity index (χ2n) is 5.14. The number of anilines is 1. The third-order valence-corrected chi connectivity index (χ3v) is 3.30. The summed E-state index contributed by atoms with van der Waals surface area (Å²) in [5.41, 5.74) is 3.47. The zero-order valence-electron chi connectivity index (χ0n) is 13.5. The molecule has 1 aliphatic carbocycles. The van der Waals surface area contributed by atoms with Crippen LogP contribution in [0.2, 0.25) is 0 Å². The van der Waals surface area contributed by atoms with E-state index in [0.29, 0.717) is 17.0 Å². The number of halogens is 3. The number of rotatable bonds is 5. The molecule has 1 aromatic rings. The third kappa shape index (κ3) is 5.36. The van der Waals surface area contributed by atoms with Gasteiger partial charge in [0, 0.05) is 23.2 Å². The minimum absolute atomic E-state index is 0.104.